The Balaban J connectivity index is 1.36. The number of ether oxygens (including phenoxy) is 1. The Morgan fingerprint density at radius 1 is 0.958 bits per heavy atom. The van der Waals surface area contributed by atoms with Crippen LogP contribution >= 0.6 is 0 Å². The number of aliphatic hydroxyl groups is 1. The van der Waals surface area contributed by atoms with Gasteiger partial charge in [0.15, 0.2) is 11.9 Å². The average molecular weight is 665 g/mol. The Kier molecular flexibility index (Phi) is 10.1. The first-order valence-corrected chi connectivity index (χ1v) is 17.8. The number of halogens is 3. The van der Waals surface area contributed by atoms with E-state index in [4.69, 9.17) is 9.72 Å². The summed E-state index contributed by atoms with van der Waals surface area (Å²) >= 11 is 0. The lowest BCUT2D eigenvalue weighted by Gasteiger charge is -2.41. The van der Waals surface area contributed by atoms with Gasteiger partial charge in [0, 0.05) is 48.7 Å². The Hall–Kier alpha value is -3.20. The molecular weight excluding hydrogens is 613 g/mol. The van der Waals surface area contributed by atoms with Gasteiger partial charge in [-0.25, -0.2) is 23.1 Å². The maximum atomic E-state index is 17.2. The van der Waals surface area contributed by atoms with Gasteiger partial charge in [-0.2, -0.15) is 0 Å². The smallest absolute Gasteiger partial charge is 0.248 e. The first kappa shape index (κ1) is 34.7. The molecule has 0 spiro atoms. The minimum atomic E-state index is -2.72. The van der Waals surface area contributed by atoms with Crippen LogP contribution < -0.4 is 9.64 Å². The minimum Gasteiger partial charge on any atom is -0.490 e. The van der Waals surface area contributed by atoms with Crippen LogP contribution in [-0.2, 0) is 6.42 Å². The molecule has 1 aromatic carbocycles. The molecule has 48 heavy (non-hydrogen) atoms. The molecule has 0 amide bonds. The number of pyridine rings is 1. The van der Waals surface area contributed by atoms with Crippen LogP contribution in [0.3, 0.4) is 0 Å². The van der Waals surface area contributed by atoms with E-state index in [-0.39, 0.29) is 42.9 Å². The van der Waals surface area contributed by atoms with Crippen molar-refractivity contribution in [2.24, 2.45) is 11.3 Å². The Bertz CT molecular complexity index is 1540. The van der Waals surface area contributed by atoms with Crippen LogP contribution in [0.15, 0.2) is 36.7 Å². The third-order valence-electron chi connectivity index (χ3n) is 10.6. The SMILES string of the molecule is Cc1ccc([C@H](F)c2c(C3CCN(c4ncc(OCCC(C)C)cn4)CC3)nc3c(c2C2CCC(F)(F)CC2)[C@@H](O)CC(C)(C)C3)cc1. The van der Waals surface area contributed by atoms with E-state index in [1.54, 1.807) is 12.4 Å². The van der Waals surface area contributed by atoms with Crippen molar-refractivity contribution in [1.82, 2.24) is 15.0 Å². The predicted molar refractivity (Wildman–Crippen MR) is 183 cm³/mol. The summed E-state index contributed by atoms with van der Waals surface area (Å²) in [6.45, 7) is 12.5. The number of aliphatic hydroxyl groups excluding tert-OH is 1. The largest absolute Gasteiger partial charge is 0.490 e. The van der Waals surface area contributed by atoms with Gasteiger partial charge < -0.3 is 14.7 Å². The molecule has 0 unspecified atom stereocenters. The number of rotatable bonds is 9. The molecule has 3 aromatic rings. The van der Waals surface area contributed by atoms with Crippen molar-refractivity contribution in [3.8, 4) is 5.75 Å². The van der Waals surface area contributed by atoms with E-state index in [1.807, 2.05) is 31.2 Å². The minimum absolute atomic E-state index is 0.0325. The number of aromatic nitrogens is 3. The fraction of sp³-hybridized carbons (Fsp3) is 0.615. The summed E-state index contributed by atoms with van der Waals surface area (Å²) in [6.07, 6.45) is 4.81. The molecule has 2 fully saturated rings. The van der Waals surface area contributed by atoms with Gasteiger partial charge in [0.05, 0.1) is 30.8 Å². The van der Waals surface area contributed by atoms with Crippen LogP contribution in [0.4, 0.5) is 19.1 Å². The van der Waals surface area contributed by atoms with Gasteiger partial charge in [-0.15, -0.1) is 0 Å². The molecule has 1 aliphatic heterocycles. The zero-order valence-corrected chi connectivity index (χ0v) is 29.1. The van der Waals surface area contributed by atoms with Gasteiger partial charge in [-0.3, -0.25) is 4.98 Å². The molecule has 0 bridgehead atoms. The average Bonchev–Trinajstić information content (AvgIpc) is 3.04. The van der Waals surface area contributed by atoms with Gasteiger partial charge in [-0.1, -0.05) is 57.5 Å². The molecule has 2 aromatic heterocycles. The molecule has 2 atom stereocenters. The summed E-state index contributed by atoms with van der Waals surface area (Å²) in [6, 6.07) is 7.45. The van der Waals surface area contributed by atoms with Crippen LogP contribution in [0.25, 0.3) is 0 Å². The van der Waals surface area contributed by atoms with Gasteiger partial charge in [0.25, 0.3) is 0 Å². The van der Waals surface area contributed by atoms with Crippen molar-refractivity contribution in [2.45, 2.75) is 122 Å². The maximum Gasteiger partial charge on any atom is 0.248 e. The fourth-order valence-electron chi connectivity index (χ4n) is 7.92. The van der Waals surface area contributed by atoms with Gasteiger partial charge in [0.1, 0.15) is 0 Å². The number of piperidine rings is 1. The summed E-state index contributed by atoms with van der Waals surface area (Å²) in [5.74, 6) is -1.16. The van der Waals surface area contributed by atoms with Crippen LogP contribution in [0.2, 0.25) is 0 Å². The zero-order chi connectivity index (χ0) is 34.2. The lowest BCUT2D eigenvalue weighted by Crippen LogP contribution is -2.36. The van der Waals surface area contributed by atoms with Crippen LogP contribution in [-0.4, -0.2) is 45.7 Å². The monoisotopic (exact) mass is 664 g/mol. The van der Waals surface area contributed by atoms with Crippen molar-refractivity contribution in [1.29, 1.82) is 0 Å². The third kappa shape index (κ3) is 7.66. The van der Waals surface area contributed by atoms with E-state index in [9.17, 15) is 13.9 Å². The second-order valence-corrected chi connectivity index (χ2v) is 15.7. The first-order valence-electron chi connectivity index (χ1n) is 17.8. The number of benzene rings is 1. The number of fused-ring (bicyclic) bond motifs is 1. The number of aryl methyl sites for hydroxylation is 1. The molecule has 1 N–H and O–H groups in total. The van der Waals surface area contributed by atoms with Crippen LogP contribution in [0.1, 0.15) is 142 Å². The molecular formula is C39H51F3N4O2. The molecule has 3 aliphatic rings. The highest BCUT2D eigenvalue weighted by atomic mass is 19.3. The zero-order valence-electron chi connectivity index (χ0n) is 29.1. The summed E-state index contributed by atoms with van der Waals surface area (Å²) in [5, 5.41) is 11.6. The van der Waals surface area contributed by atoms with E-state index < -0.39 is 18.2 Å². The molecule has 1 saturated carbocycles. The van der Waals surface area contributed by atoms with E-state index in [1.165, 1.54) is 0 Å². The lowest BCUT2D eigenvalue weighted by molar-refractivity contribution is -0.0385. The topological polar surface area (TPSA) is 71.4 Å². The van der Waals surface area contributed by atoms with Crippen LogP contribution in [0.5, 0.6) is 5.75 Å². The highest BCUT2D eigenvalue weighted by Crippen LogP contribution is 2.52. The highest BCUT2D eigenvalue weighted by molar-refractivity contribution is 5.51. The second kappa shape index (κ2) is 14.0. The maximum absolute atomic E-state index is 17.2. The molecule has 260 valence electrons. The van der Waals surface area contributed by atoms with Gasteiger partial charge in [0.2, 0.25) is 11.9 Å². The molecule has 2 aliphatic carbocycles. The Labute approximate surface area is 283 Å². The summed E-state index contributed by atoms with van der Waals surface area (Å²) in [4.78, 5) is 16.6. The van der Waals surface area contributed by atoms with Crippen molar-refractivity contribution < 1.29 is 23.0 Å². The highest BCUT2D eigenvalue weighted by Gasteiger charge is 2.43. The molecule has 1 saturated heterocycles. The van der Waals surface area contributed by atoms with Gasteiger partial charge in [-0.05, 0) is 80.2 Å². The Morgan fingerprint density at radius 3 is 2.23 bits per heavy atom. The van der Waals surface area contributed by atoms with E-state index in [2.05, 4.69) is 42.6 Å². The number of alkyl halides is 3. The van der Waals surface area contributed by atoms with Gasteiger partial charge >= 0.3 is 0 Å². The Morgan fingerprint density at radius 2 is 1.60 bits per heavy atom. The summed E-state index contributed by atoms with van der Waals surface area (Å²) in [5.41, 5.74) is 4.86. The second-order valence-electron chi connectivity index (χ2n) is 15.7. The van der Waals surface area contributed by atoms with Crippen molar-refractivity contribution in [3.05, 3.63) is 75.9 Å². The molecule has 3 heterocycles. The summed E-state index contributed by atoms with van der Waals surface area (Å²) in [7, 11) is 0. The molecule has 6 rings (SSSR count). The standard InChI is InChI=1S/C39H51F3N4O2/c1-24(2)14-19-48-29-22-43-37(44-23-29)46-17-12-28(13-18-46)36-34(35(40)27-8-6-25(3)7-9-27)32(26-10-15-39(41,42)16-11-26)33-30(45-36)20-38(4,5)21-31(33)47/h6-9,22-24,26,28,31,35,47H,10-21H2,1-5H3/t31-,35-/m0/s1. The van der Waals surface area contributed by atoms with E-state index >= 15 is 4.39 Å². The summed E-state index contributed by atoms with van der Waals surface area (Å²) < 4.78 is 52.0. The quantitative estimate of drug-likeness (QED) is 0.246. The molecule has 9 heteroatoms. The fourth-order valence-corrected chi connectivity index (χ4v) is 7.92. The lowest BCUT2D eigenvalue weighted by atomic mass is 9.68. The molecule has 6 nitrogen and oxygen atoms in total. The third-order valence-corrected chi connectivity index (χ3v) is 10.6. The van der Waals surface area contributed by atoms with Crippen LogP contribution in [0, 0.1) is 18.3 Å². The van der Waals surface area contributed by atoms with E-state index in [0.29, 0.717) is 66.8 Å². The van der Waals surface area contributed by atoms with E-state index in [0.717, 1.165) is 41.8 Å². The molecule has 0 radical (unpaired) electrons. The van der Waals surface area contributed by atoms with Crippen molar-refractivity contribution in [2.75, 3.05) is 24.6 Å². The van der Waals surface area contributed by atoms with Crippen molar-refractivity contribution in [3.63, 3.8) is 0 Å². The number of hydrogen-bond acceptors (Lipinski definition) is 6. The first-order chi connectivity index (χ1) is 22.8. The number of nitrogens with zero attached hydrogens (tertiary/aromatic N) is 4. The van der Waals surface area contributed by atoms with Crippen molar-refractivity contribution >= 4 is 5.95 Å². The predicted octanol–water partition coefficient (Wildman–Crippen LogP) is 9.35. The normalized spacial score (nSPS) is 22.0. The number of hydrogen-bond donors (Lipinski definition) is 1. The number of anilines is 1.